The average molecular weight is 232 g/mol. The molecule has 1 unspecified atom stereocenters. The van der Waals surface area contributed by atoms with Crippen LogP contribution < -0.4 is 4.90 Å². The SMILES string of the molecule is N#Cc1nccnc1N1CCCCC1CCO. The summed E-state index contributed by atoms with van der Waals surface area (Å²) in [6.07, 6.45) is 7.18. The second-order valence-corrected chi connectivity index (χ2v) is 4.20. The summed E-state index contributed by atoms with van der Waals surface area (Å²) in [5.41, 5.74) is 0.373. The fraction of sp³-hybridized carbons (Fsp3) is 0.583. The van der Waals surface area contributed by atoms with Crippen molar-refractivity contribution in [2.45, 2.75) is 31.7 Å². The van der Waals surface area contributed by atoms with E-state index in [0.29, 0.717) is 11.5 Å². The first kappa shape index (κ1) is 11.8. The van der Waals surface area contributed by atoms with Crippen LogP contribution >= 0.6 is 0 Å². The minimum Gasteiger partial charge on any atom is -0.396 e. The lowest BCUT2D eigenvalue weighted by Crippen LogP contribution is -2.41. The zero-order valence-corrected chi connectivity index (χ0v) is 9.71. The molecule has 17 heavy (non-hydrogen) atoms. The van der Waals surface area contributed by atoms with Crippen LogP contribution in [0.25, 0.3) is 0 Å². The number of nitriles is 1. The zero-order valence-electron chi connectivity index (χ0n) is 9.71. The molecule has 1 fully saturated rings. The zero-order chi connectivity index (χ0) is 12.1. The first-order valence-electron chi connectivity index (χ1n) is 5.95. The second-order valence-electron chi connectivity index (χ2n) is 4.20. The van der Waals surface area contributed by atoms with Gasteiger partial charge in [-0.1, -0.05) is 0 Å². The number of anilines is 1. The van der Waals surface area contributed by atoms with Crippen molar-refractivity contribution in [2.24, 2.45) is 0 Å². The van der Waals surface area contributed by atoms with Crippen molar-refractivity contribution in [2.75, 3.05) is 18.1 Å². The van der Waals surface area contributed by atoms with Crippen LogP contribution in [0.15, 0.2) is 12.4 Å². The molecule has 1 atom stereocenters. The van der Waals surface area contributed by atoms with E-state index < -0.39 is 0 Å². The number of hydrogen-bond acceptors (Lipinski definition) is 5. The maximum atomic E-state index is 9.08. The third-order valence-corrected chi connectivity index (χ3v) is 3.15. The van der Waals surface area contributed by atoms with Gasteiger partial charge in [-0.3, -0.25) is 0 Å². The lowest BCUT2D eigenvalue weighted by molar-refractivity contribution is 0.262. The van der Waals surface area contributed by atoms with Crippen LogP contribution in [0.3, 0.4) is 0 Å². The van der Waals surface area contributed by atoms with Gasteiger partial charge in [-0.2, -0.15) is 5.26 Å². The Morgan fingerprint density at radius 1 is 1.41 bits per heavy atom. The molecule has 1 aliphatic rings. The van der Waals surface area contributed by atoms with Crippen LogP contribution in [0.5, 0.6) is 0 Å². The molecule has 0 aliphatic carbocycles. The summed E-state index contributed by atoms with van der Waals surface area (Å²) in [5.74, 6) is 0.660. The van der Waals surface area contributed by atoms with Gasteiger partial charge in [0, 0.05) is 31.6 Å². The van der Waals surface area contributed by atoms with Gasteiger partial charge in [-0.15, -0.1) is 0 Å². The van der Waals surface area contributed by atoms with Crippen molar-refractivity contribution >= 4 is 5.82 Å². The van der Waals surface area contributed by atoms with E-state index in [-0.39, 0.29) is 12.6 Å². The highest BCUT2D eigenvalue weighted by molar-refractivity contribution is 5.50. The van der Waals surface area contributed by atoms with Crippen LogP contribution in [0.2, 0.25) is 0 Å². The van der Waals surface area contributed by atoms with Gasteiger partial charge >= 0.3 is 0 Å². The summed E-state index contributed by atoms with van der Waals surface area (Å²) in [6.45, 7) is 1.06. The summed E-state index contributed by atoms with van der Waals surface area (Å²) in [6, 6.07) is 2.35. The normalized spacial score (nSPS) is 20.0. The third kappa shape index (κ3) is 2.53. The molecule has 0 bridgehead atoms. The van der Waals surface area contributed by atoms with Gasteiger partial charge in [0.1, 0.15) is 6.07 Å². The molecule has 2 heterocycles. The minimum absolute atomic E-state index is 0.170. The average Bonchev–Trinajstić information content (AvgIpc) is 2.40. The topological polar surface area (TPSA) is 73.0 Å². The molecule has 5 heteroatoms. The fourth-order valence-corrected chi connectivity index (χ4v) is 2.35. The van der Waals surface area contributed by atoms with Gasteiger partial charge in [0.2, 0.25) is 0 Å². The van der Waals surface area contributed by atoms with Gasteiger partial charge in [0.15, 0.2) is 11.5 Å². The summed E-state index contributed by atoms with van der Waals surface area (Å²) in [4.78, 5) is 10.4. The second kappa shape index (κ2) is 5.60. The lowest BCUT2D eigenvalue weighted by Gasteiger charge is -2.36. The van der Waals surface area contributed by atoms with E-state index in [0.717, 1.165) is 25.8 Å². The monoisotopic (exact) mass is 232 g/mol. The van der Waals surface area contributed by atoms with E-state index in [4.69, 9.17) is 10.4 Å². The molecule has 0 radical (unpaired) electrons. The van der Waals surface area contributed by atoms with Gasteiger partial charge in [-0.25, -0.2) is 9.97 Å². The highest BCUT2D eigenvalue weighted by Crippen LogP contribution is 2.26. The van der Waals surface area contributed by atoms with Crippen LogP contribution in [0, 0.1) is 11.3 Å². The molecule has 2 rings (SSSR count). The number of hydrogen-bond donors (Lipinski definition) is 1. The van der Waals surface area contributed by atoms with Crippen molar-refractivity contribution in [3.63, 3.8) is 0 Å². The van der Waals surface area contributed by atoms with Crippen molar-refractivity contribution in [3.05, 3.63) is 18.1 Å². The van der Waals surface area contributed by atoms with Gasteiger partial charge in [-0.05, 0) is 25.7 Å². The van der Waals surface area contributed by atoms with E-state index in [1.807, 2.05) is 0 Å². The molecule has 1 saturated heterocycles. The van der Waals surface area contributed by atoms with Gasteiger partial charge in [0.05, 0.1) is 0 Å². The molecule has 0 saturated carbocycles. The number of piperidine rings is 1. The number of aliphatic hydroxyl groups is 1. The number of aliphatic hydroxyl groups excluding tert-OH is 1. The van der Waals surface area contributed by atoms with Gasteiger partial charge < -0.3 is 10.0 Å². The molecule has 90 valence electrons. The van der Waals surface area contributed by atoms with Crippen molar-refractivity contribution in [3.8, 4) is 6.07 Å². The smallest absolute Gasteiger partial charge is 0.183 e. The molecule has 0 aromatic carbocycles. The highest BCUT2D eigenvalue weighted by Gasteiger charge is 2.25. The largest absolute Gasteiger partial charge is 0.396 e. The summed E-state index contributed by atoms with van der Waals surface area (Å²) in [5, 5.41) is 18.1. The Labute approximate surface area is 101 Å². The molecular weight excluding hydrogens is 216 g/mol. The first-order valence-corrected chi connectivity index (χ1v) is 5.95. The predicted octanol–water partition coefficient (Wildman–Crippen LogP) is 1.09. The van der Waals surface area contributed by atoms with Crippen molar-refractivity contribution in [1.29, 1.82) is 5.26 Å². The summed E-state index contributed by atoms with van der Waals surface area (Å²) in [7, 11) is 0. The van der Waals surface area contributed by atoms with E-state index in [1.165, 1.54) is 12.6 Å². The van der Waals surface area contributed by atoms with Crippen LogP contribution in [-0.4, -0.2) is 34.3 Å². The molecule has 1 aliphatic heterocycles. The standard InChI is InChI=1S/C12H16N4O/c13-9-11-12(15-6-5-14-11)16-7-2-1-3-10(16)4-8-17/h5-6,10,17H,1-4,7-8H2. The Morgan fingerprint density at radius 3 is 3.00 bits per heavy atom. The Kier molecular flexibility index (Phi) is 3.89. The van der Waals surface area contributed by atoms with Crippen molar-refractivity contribution in [1.82, 2.24) is 9.97 Å². The fourth-order valence-electron chi connectivity index (χ4n) is 2.35. The molecule has 1 aromatic rings. The Balaban J connectivity index is 2.26. The number of nitrogens with zero attached hydrogens (tertiary/aromatic N) is 4. The van der Waals surface area contributed by atoms with E-state index in [2.05, 4.69) is 20.9 Å². The number of rotatable bonds is 3. The molecule has 0 spiro atoms. The van der Waals surface area contributed by atoms with Gasteiger partial charge in [0.25, 0.3) is 0 Å². The number of aromatic nitrogens is 2. The maximum absolute atomic E-state index is 9.08. The lowest BCUT2D eigenvalue weighted by atomic mass is 9.99. The summed E-state index contributed by atoms with van der Waals surface area (Å²) >= 11 is 0. The Hall–Kier alpha value is -1.67. The predicted molar refractivity (Wildman–Crippen MR) is 63.4 cm³/mol. The first-order chi connectivity index (χ1) is 8.36. The van der Waals surface area contributed by atoms with Crippen LogP contribution in [-0.2, 0) is 0 Å². The summed E-state index contributed by atoms with van der Waals surface area (Å²) < 4.78 is 0. The highest BCUT2D eigenvalue weighted by atomic mass is 16.3. The van der Waals surface area contributed by atoms with E-state index in [1.54, 1.807) is 6.20 Å². The minimum atomic E-state index is 0.170. The van der Waals surface area contributed by atoms with Crippen molar-refractivity contribution < 1.29 is 5.11 Å². The molecule has 1 aromatic heterocycles. The molecule has 5 nitrogen and oxygen atoms in total. The molecule has 1 N–H and O–H groups in total. The third-order valence-electron chi connectivity index (χ3n) is 3.15. The van der Waals surface area contributed by atoms with Crippen LogP contribution in [0.1, 0.15) is 31.4 Å². The maximum Gasteiger partial charge on any atom is 0.183 e. The molecule has 0 amide bonds. The van der Waals surface area contributed by atoms with E-state index >= 15 is 0 Å². The van der Waals surface area contributed by atoms with Crippen LogP contribution in [0.4, 0.5) is 5.82 Å². The quantitative estimate of drug-likeness (QED) is 0.844. The molecular formula is C12H16N4O. The Morgan fingerprint density at radius 2 is 2.24 bits per heavy atom. The van der Waals surface area contributed by atoms with E-state index in [9.17, 15) is 0 Å². The Bertz CT molecular complexity index is 413.